The first-order valence-electron chi connectivity index (χ1n) is 8.91. The smallest absolute Gasteiger partial charge is 0.339 e. The number of nitriles is 1. The number of carbonyl (C=O) groups excluding carboxylic acids is 2. The number of hydrogen-bond acceptors (Lipinski definition) is 5. The van der Waals surface area contributed by atoms with Crippen molar-refractivity contribution in [2.24, 2.45) is 0 Å². The van der Waals surface area contributed by atoms with Crippen LogP contribution >= 0.6 is 11.8 Å². The average Bonchev–Trinajstić information content (AvgIpc) is 2.77. The fraction of sp³-hybridized carbons (Fsp3) is 0.0870. The Labute approximate surface area is 173 Å². The van der Waals surface area contributed by atoms with Crippen LogP contribution in [-0.2, 0) is 16.1 Å². The van der Waals surface area contributed by atoms with E-state index in [0.29, 0.717) is 22.6 Å². The van der Waals surface area contributed by atoms with Crippen molar-refractivity contribution in [3.8, 4) is 6.07 Å². The average molecular weight is 402 g/mol. The Hall–Kier alpha value is -3.56. The van der Waals surface area contributed by atoms with E-state index in [1.54, 1.807) is 36.4 Å². The van der Waals surface area contributed by atoms with Crippen LogP contribution in [0.1, 0.15) is 21.5 Å². The van der Waals surface area contributed by atoms with Gasteiger partial charge in [-0.25, -0.2) is 4.79 Å². The first-order valence-corrected chi connectivity index (χ1v) is 9.73. The van der Waals surface area contributed by atoms with Crippen molar-refractivity contribution in [1.82, 2.24) is 5.32 Å². The van der Waals surface area contributed by atoms with Gasteiger partial charge >= 0.3 is 5.97 Å². The fourth-order valence-corrected chi connectivity index (χ4v) is 3.56. The van der Waals surface area contributed by atoms with Gasteiger partial charge in [0.1, 0.15) is 6.07 Å². The fourth-order valence-electron chi connectivity index (χ4n) is 2.55. The predicted molar refractivity (Wildman–Crippen MR) is 110 cm³/mol. The maximum atomic E-state index is 12.5. The van der Waals surface area contributed by atoms with Crippen LogP contribution in [-0.4, -0.2) is 18.5 Å². The normalized spacial score (nSPS) is 10.0. The molecule has 0 aromatic heterocycles. The summed E-state index contributed by atoms with van der Waals surface area (Å²) < 4.78 is 5.18. The second-order valence-corrected chi connectivity index (χ2v) is 7.13. The number of esters is 1. The number of benzene rings is 3. The Balaban J connectivity index is 1.61. The lowest BCUT2D eigenvalue weighted by Gasteiger charge is -2.10. The molecule has 6 heteroatoms. The van der Waals surface area contributed by atoms with Crippen molar-refractivity contribution in [2.45, 2.75) is 16.3 Å². The van der Waals surface area contributed by atoms with Gasteiger partial charge in [0.25, 0.3) is 5.91 Å². The standard InChI is InChI=1S/C23H18N2O3S/c24-14-18-10-4-6-12-20(18)29-21-13-7-5-11-19(21)23(27)28-16-22(26)25-15-17-8-2-1-3-9-17/h1-13H,15-16H2,(H,25,26). The highest BCUT2D eigenvalue weighted by Gasteiger charge is 2.16. The second-order valence-electron chi connectivity index (χ2n) is 6.04. The Morgan fingerprint density at radius 2 is 1.55 bits per heavy atom. The maximum Gasteiger partial charge on any atom is 0.339 e. The SMILES string of the molecule is N#Cc1ccccc1Sc1ccccc1C(=O)OCC(=O)NCc1ccccc1. The number of nitrogens with zero attached hydrogens (tertiary/aromatic N) is 1. The molecule has 1 N–H and O–H groups in total. The molecule has 0 aliphatic carbocycles. The molecule has 0 unspecified atom stereocenters. The van der Waals surface area contributed by atoms with Crippen LogP contribution in [0.25, 0.3) is 0 Å². The predicted octanol–water partition coefficient (Wildman–Crippen LogP) is 4.18. The lowest BCUT2D eigenvalue weighted by atomic mass is 10.2. The van der Waals surface area contributed by atoms with Crippen molar-refractivity contribution in [3.05, 3.63) is 95.6 Å². The van der Waals surface area contributed by atoms with Crippen LogP contribution in [0.3, 0.4) is 0 Å². The molecule has 0 aliphatic heterocycles. The second kappa shape index (κ2) is 10.1. The number of rotatable bonds is 7. The van der Waals surface area contributed by atoms with Gasteiger partial charge in [-0.15, -0.1) is 0 Å². The van der Waals surface area contributed by atoms with E-state index in [1.807, 2.05) is 42.5 Å². The van der Waals surface area contributed by atoms with Crippen molar-refractivity contribution in [1.29, 1.82) is 5.26 Å². The largest absolute Gasteiger partial charge is 0.452 e. The molecular weight excluding hydrogens is 384 g/mol. The van der Waals surface area contributed by atoms with Gasteiger partial charge in [-0.1, -0.05) is 66.4 Å². The summed E-state index contributed by atoms with van der Waals surface area (Å²) in [6, 6.07) is 25.7. The van der Waals surface area contributed by atoms with E-state index in [1.165, 1.54) is 11.8 Å². The third kappa shape index (κ3) is 5.71. The molecule has 0 saturated carbocycles. The number of carbonyl (C=O) groups is 2. The third-order valence-electron chi connectivity index (χ3n) is 4.00. The first-order chi connectivity index (χ1) is 14.2. The van der Waals surface area contributed by atoms with Gasteiger partial charge < -0.3 is 10.1 Å². The van der Waals surface area contributed by atoms with Crippen LogP contribution in [0.4, 0.5) is 0 Å². The van der Waals surface area contributed by atoms with Crippen molar-refractivity contribution in [3.63, 3.8) is 0 Å². The molecule has 0 bridgehead atoms. The minimum Gasteiger partial charge on any atom is -0.452 e. The van der Waals surface area contributed by atoms with Gasteiger partial charge in [-0.05, 0) is 29.8 Å². The van der Waals surface area contributed by atoms with Crippen LogP contribution in [0.2, 0.25) is 0 Å². The van der Waals surface area contributed by atoms with E-state index in [4.69, 9.17) is 4.74 Å². The zero-order chi connectivity index (χ0) is 20.5. The summed E-state index contributed by atoms with van der Waals surface area (Å²) in [5, 5.41) is 12.0. The zero-order valence-electron chi connectivity index (χ0n) is 15.5. The summed E-state index contributed by atoms with van der Waals surface area (Å²) >= 11 is 1.31. The molecule has 0 radical (unpaired) electrons. The molecule has 0 aliphatic rings. The Bertz CT molecular complexity index is 1050. The maximum absolute atomic E-state index is 12.5. The molecule has 3 aromatic carbocycles. The Morgan fingerprint density at radius 1 is 0.897 bits per heavy atom. The lowest BCUT2D eigenvalue weighted by Crippen LogP contribution is -2.28. The van der Waals surface area contributed by atoms with Gasteiger partial charge in [0.2, 0.25) is 0 Å². The van der Waals surface area contributed by atoms with E-state index in [2.05, 4.69) is 11.4 Å². The van der Waals surface area contributed by atoms with Gasteiger partial charge in [0.05, 0.1) is 11.1 Å². The number of nitrogens with one attached hydrogen (secondary N) is 1. The highest BCUT2D eigenvalue weighted by molar-refractivity contribution is 7.99. The molecule has 0 fully saturated rings. The minimum absolute atomic E-state index is 0.348. The summed E-state index contributed by atoms with van der Waals surface area (Å²) in [6.07, 6.45) is 0. The molecular formula is C23H18N2O3S. The summed E-state index contributed by atoms with van der Waals surface area (Å²) in [7, 11) is 0. The summed E-state index contributed by atoms with van der Waals surface area (Å²) in [5.41, 5.74) is 1.84. The van der Waals surface area contributed by atoms with Gasteiger partial charge in [-0.3, -0.25) is 4.79 Å². The van der Waals surface area contributed by atoms with Crippen LogP contribution in [0.5, 0.6) is 0 Å². The van der Waals surface area contributed by atoms with E-state index >= 15 is 0 Å². The molecule has 5 nitrogen and oxygen atoms in total. The van der Waals surface area contributed by atoms with Gasteiger partial charge in [0, 0.05) is 16.3 Å². The summed E-state index contributed by atoms with van der Waals surface area (Å²) in [4.78, 5) is 25.9. The number of ether oxygens (including phenoxy) is 1. The van der Waals surface area contributed by atoms with E-state index in [-0.39, 0.29) is 12.5 Å². The number of hydrogen-bond donors (Lipinski definition) is 1. The van der Waals surface area contributed by atoms with Gasteiger partial charge in [-0.2, -0.15) is 5.26 Å². The Morgan fingerprint density at radius 3 is 2.31 bits per heavy atom. The van der Waals surface area contributed by atoms with E-state index in [9.17, 15) is 14.9 Å². The highest BCUT2D eigenvalue weighted by Crippen LogP contribution is 2.32. The van der Waals surface area contributed by atoms with Gasteiger partial charge in [0.15, 0.2) is 6.61 Å². The topological polar surface area (TPSA) is 79.2 Å². The third-order valence-corrected chi connectivity index (χ3v) is 5.15. The molecule has 1 amide bonds. The monoisotopic (exact) mass is 402 g/mol. The molecule has 0 atom stereocenters. The van der Waals surface area contributed by atoms with Crippen LogP contribution in [0.15, 0.2) is 88.7 Å². The Kier molecular flexibility index (Phi) is 7.04. The zero-order valence-corrected chi connectivity index (χ0v) is 16.3. The summed E-state index contributed by atoms with van der Waals surface area (Å²) in [5.74, 6) is -0.959. The molecule has 0 spiro atoms. The van der Waals surface area contributed by atoms with Crippen LogP contribution < -0.4 is 5.32 Å². The quantitative estimate of drug-likeness (QED) is 0.600. The van der Waals surface area contributed by atoms with E-state index in [0.717, 1.165) is 10.5 Å². The summed E-state index contributed by atoms with van der Waals surface area (Å²) in [6.45, 7) is 0.00799. The lowest BCUT2D eigenvalue weighted by molar-refractivity contribution is -0.124. The number of amides is 1. The molecule has 29 heavy (non-hydrogen) atoms. The first kappa shape index (κ1) is 20.2. The molecule has 3 rings (SSSR count). The van der Waals surface area contributed by atoms with E-state index < -0.39 is 5.97 Å². The minimum atomic E-state index is -0.586. The van der Waals surface area contributed by atoms with Crippen LogP contribution in [0, 0.1) is 11.3 Å². The van der Waals surface area contributed by atoms with Crippen molar-refractivity contribution < 1.29 is 14.3 Å². The van der Waals surface area contributed by atoms with Crippen molar-refractivity contribution >= 4 is 23.6 Å². The molecule has 144 valence electrons. The molecule has 0 saturated heterocycles. The highest BCUT2D eigenvalue weighted by atomic mass is 32.2. The molecule has 3 aromatic rings. The van der Waals surface area contributed by atoms with Crippen molar-refractivity contribution in [2.75, 3.05) is 6.61 Å². The molecule has 0 heterocycles.